The molecule has 128 valence electrons. The average Bonchev–Trinajstić information content (AvgIpc) is 3.28. The minimum Gasteiger partial charge on any atom is -0.465 e. The van der Waals surface area contributed by atoms with Crippen molar-refractivity contribution < 1.29 is 18.5 Å². The lowest BCUT2D eigenvalue weighted by molar-refractivity contribution is 0.0600. The average molecular weight is 339 g/mol. The highest BCUT2D eigenvalue weighted by atomic mass is 16.5. The van der Waals surface area contributed by atoms with Gasteiger partial charge in [-0.05, 0) is 29.8 Å². The molecule has 7 heteroatoms. The third kappa shape index (κ3) is 3.18. The molecule has 0 bridgehead atoms. The number of ether oxygens (including phenoxy) is 1. The van der Waals surface area contributed by atoms with Gasteiger partial charge in [-0.2, -0.15) is 4.98 Å². The van der Waals surface area contributed by atoms with Crippen molar-refractivity contribution in [2.45, 2.75) is 12.5 Å². The summed E-state index contributed by atoms with van der Waals surface area (Å²) < 4.78 is 15.3. The number of hydrogen-bond acceptors (Lipinski definition) is 7. The molecule has 3 aromatic rings. The highest BCUT2D eigenvalue weighted by molar-refractivity contribution is 5.89. The third-order valence-electron chi connectivity index (χ3n) is 4.27. The Labute approximate surface area is 144 Å². The number of esters is 1. The first-order chi connectivity index (χ1) is 12.2. The lowest BCUT2D eigenvalue weighted by Gasteiger charge is -2.37. The quantitative estimate of drug-likeness (QED) is 0.661. The zero-order chi connectivity index (χ0) is 17.2. The second kappa shape index (κ2) is 6.52. The van der Waals surface area contributed by atoms with Crippen LogP contribution in [0.4, 0.5) is 0 Å². The number of aromatic nitrogens is 2. The number of likely N-dealkylation sites (tertiary alicyclic amines) is 1. The second-order valence-electron chi connectivity index (χ2n) is 6.01. The van der Waals surface area contributed by atoms with Crippen molar-refractivity contribution in [2.75, 3.05) is 20.2 Å². The van der Waals surface area contributed by atoms with E-state index in [4.69, 9.17) is 13.7 Å². The smallest absolute Gasteiger partial charge is 0.337 e. The van der Waals surface area contributed by atoms with E-state index in [1.54, 1.807) is 30.5 Å². The predicted octanol–water partition coefficient (Wildman–Crippen LogP) is 2.72. The van der Waals surface area contributed by atoms with Crippen LogP contribution in [0.3, 0.4) is 0 Å². The van der Waals surface area contributed by atoms with Crippen LogP contribution in [0.1, 0.15) is 27.7 Å². The molecule has 1 aromatic carbocycles. The highest BCUT2D eigenvalue weighted by Gasteiger charge is 2.32. The third-order valence-corrected chi connectivity index (χ3v) is 4.27. The molecule has 25 heavy (non-hydrogen) atoms. The van der Waals surface area contributed by atoms with Gasteiger partial charge in [-0.3, -0.25) is 4.90 Å². The summed E-state index contributed by atoms with van der Waals surface area (Å²) in [4.78, 5) is 18.1. The van der Waals surface area contributed by atoms with Gasteiger partial charge in [-0.1, -0.05) is 17.3 Å². The van der Waals surface area contributed by atoms with Crippen molar-refractivity contribution in [1.29, 1.82) is 0 Å². The van der Waals surface area contributed by atoms with E-state index in [0.717, 1.165) is 25.2 Å². The Balaban J connectivity index is 1.32. The van der Waals surface area contributed by atoms with Crippen LogP contribution < -0.4 is 0 Å². The van der Waals surface area contributed by atoms with E-state index in [0.29, 0.717) is 23.0 Å². The lowest BCUT2D eigenvalue weighted by Crippen LogP contribution is -2.44. The Morgan fingerprint density at radius 2 is 2.08 bits per heavy atom. The molecule has 3 heterocycles. The molecule has 7 nitrogen and oxygen atoms in total. The fraction of sp³-hybridized carbons (Fsp3) is 0.278. The highest BCUT2D eigenvalue weighted by Crippen LogP contribution is 2.28. The molecule has 4 rings (SSSR count). The number of hydrogen-bond donors (Lipinski definition) is 0. The molecular formula is C18H17N3O4. The summed E-state index contributed by atoms with van der Waals surface area (Å²) in [5.41, 5.74) is 1.71. The molecule has 0 spiro atoms. The Hall–Kier alpha value is -2.93. The number of benzene rings is 1. The summed E-state index contributed by atoms with van der Waals surface area (Å²) >= 11 is 0. The van der Waals surface area contributed by atoms with Gasteiger partial charge in [0.2, 0.25) is 11.7 Å². The van der Waals surface area contributed by atoms with Crippen LogP contribution in [-0.2, 0) is 11.3 Å². The van der Waals surface area contributed by atoms with Gasteiger partial charge in [0.05, 0.1) is 24.9 Å². The summed E-state index contributed by atoms with van der Waals surface area (Å²) in [5.74, 6) is 1.65. The van der Waals surface area contributed by atoms with Crippen molar-refractivity contribution in [2.24, 2.45) is 0 Å². The molecule has 0 atom stereocenters. The van der Waals surface area contributed by atoms with Crippen LogP contribution >= 0.6 is 0 Å². The molecule has 0 N–H and O–H groups in total. The molecule has 0 amide bonds. The number of rotatable bonds is 5. The van der Waals surface area contributed by atoms with E-state index < -0.39 is 0 Å². The van der Waals surface area contributed by atoms with Gasteiger partial charge in [-0.25, -0.2) is 4.79 Å². The summed E-state index contributed by atoms with van der Waals surface area (Å²) in [6.07, 6.45) is 1.59. The Kier molecular flexibility index (Phi) is 4.07. The number of nitrogens with zero attached hydrogens (tertiary/aromatic N) is 3. The molecule has 0 aliphatic carbocycles. The van der Waals surface area contributed by atoms with E-state index in [1.165, 1.54) is 7.11 Å². The number of furan rings is 1. The maximum Gasteiger partial charge on any atom is 0.337 e. The Morgan fingerprint density at radius 1 is 1.28 bits per heavy atom. The minimum atomic E-state index is -0.320. The molecule has 0 saturated carbocycles. The van der Waals surface area contributed by atoms with E-state index in [1.807, 2.05) is 12.1 Å². The van der Waals surface area contributed by atoms with E-state index in [-0.39, 0.29) is 11.9 Å². The molecular weight excluding hydrogens is 322 g/mol. The monoisotopic (exact) mass is 339 g/mol. The number of methoxy groups -OCH3 is 1. The maximum atomic E-state index is 11.4. The fourth-order valence-corrected chi connectivity index (χ4v) is 2.88. The van der Waals surface area contributed by atoms with Crippen molar-refractivity contribution >= 4 is 5.97 Å². The van der Waals surface area contributed by atoms with Crippen molar-refractivity contribution in [1.82, 2.24) is 15.0 Å². The zero-order valence-corrected chi connectivity index (χ0v) is 13.7. The van der Waals surface area contributed by atoms with Gasteiger partial charge in [0.15, 0.2) is 5.76 Å². The summed E-state index contributed by atoms with van der Waals surface area (Å²) in [6.45, 7) is 2.54. The number of carbonyl (C=O) groups excluding carboxylic acids is 1. The fourth-order valence-electron chi connectivity index (χ4n) is 2.88. The number of carbonyl (C=O) groups is 1. The second-order valence-corrected chi connectivity index (χ2v) is 6.01. The zero-order valence-electron chi connectivity index (χ0n) is 13.7. The van der Waals surface area contributed by atoms with Crippen molar-refractivity contribution in [3.63, 3.8) is 0 Å². The first kappa shape index (κ1) is 15.6. The minimum absolute atomic E-state index is 0.241. The standard InChI is InChI=1S/C18H17N3O4/c1-23-18(22)13-6-4-12(5-7-13)9-21-10-14(11-21)17-19-16(20-25-17)15-3-2-8-24-15/h2-8,14H,9-11H2,1H3. The molecule has 0 radical (unpaired) electrons. The first-order valence-electron chi connectivity index (χ1n) is 8.00. The SMILES string of the molecule is COC(=O)c1ccc(CN2CC(c3nc(-c4ccco4)no3)C2)cc1. The van der Waals surface area contributed by atoms with Gasteiger partial charge >= 0.3 is 5.97 Å². The van der Waals surface area contributed by atoms with Crippen LogP contribution in [0.2, 0.25) is 0 Å². The Morgan fingerprint density at radius 3 is 2.76 bits per heavy atom. The molecule has 1 fully saturated rings. The molecule has 1 aliphatic rings. The van der Waals surface area contributed by atoms with E-state index in [9.17, 15) is 4.79 Å². The molecule has 1 saturated heterocycles. The van der Waals surface area contributed by atoms with Crippen LogP contribution in [0.25, 0.3) is 11.6 Å². The van der Waals surface area contributed by atoms with Gasteiger partial charge in [0.1, 0.15) is 0 Å². The summed E-state index contributed by atoms with van der Waals surface area (Å²) in [5, 5.41) is 3.96. The molecule has 0 unspecified atom stereocenters. The Bertz CT molecular complexity index is 849. The maximum absolute atomic E-state index is 11.4. The summed E-state index contributed by atoms with van der Waals surface area (Å²) in [7, 11) is 1.38. The van der Waals surface area contributed by atoms with Gasteiger partial charge in [-0.15, -0.1) is 0 Å². The van der Waals surface area contributed by atoms with E-state index >= 15 is 0 Å². The first-order valence-corrected chi connectivity index (χ1v) is 8.00. The van der Waals surface area contributed by atoms with Gasteiger partial charge in [0, 0.05) is 19.6 Å². The topological polar surface area (TPSA) is 81.6 Å². The van der Waals surface area contributed by atoms with Crippen LogP contribution in [0, 0.1) is 0 Å². The predicted molar refractivity (Wildman–Crippen MR) is 87.8 cm³/mol. The van der Waals surface area contributed by atoms with E-state index in [2.05, 4.69) is 15.0 Å². The van der Waals surface area contributed by atoms with Gasteiger partial charge in [0.25, 0.3) is 0 Å². The van der Waals surface area contributed by atoms with Crippen molar-refractivity contribution in [3.05, 3.63) is 59.7 Å². The van der Waals surface area contributed by atoms with Crippen LogP contribution in [-0.4, -0.2) is 41.2 Å². The molecule has 2 aromatic heterocycles. The van der Waals surface area contributed by atoms with Crippen molar-refractivity contribution in [3.8, 4) is 11.6 Å². The van der Waals surface area contributed by atoms with Crippen LogP contribution in [0.5, 0.6) is 0 Å². The van der Waals surface area contributed by atoms with Gasteiger partial charge < -0.3 is 13.7 Å². The summed E-state index contributed by atoms with van der Waals surface area (Å²) in [6, 6.07) is 11.1. The van der Waals surface area contributed by atoms with Crippen LogP contribution in [0.15, 0.2) is 51.6 Å². The largest absolute Gasteiger partial charge is 0.465 e. The molecule has 1 aliphatic heterocycles. The lowest BCUT2D eigenvalue weighted by atomic mass is 9.99. The normalized spacial score (nSPS) is 15.1.